The van der Waals surface area contributed by atoms with Gasteiger partial charge in [0.1, 0.15) is 17.5 Å². The van der Waals surface area contributed by atoms with Crippen molar-refractivity contribution in [2.24, 2.45) is 4.99 Å². The third-order valence-corrected chi connectivity index (χ3v) is 7.07. The van der Waals surface area contributed by atoms with Gasteiger partial charge in [-0.25, -0.2) is 8.78 Å². The van der Waals surface area contributed by atoms with Crippen LogP contribution < -0.4 is 10.6 Å². The zero-order valence-corrected chi connectivity index (χ0v) is 25.1. The van der Waals surface area contributed by atoms with E-state index in [-0.39, 0.29) is 13.0 Å². The molecular weight excluding hydrogens is 548 g/mol. The van der Waals surface area contributed by atoms with Gasteiger partial charge >= 0.3 is 0 Å². The van der Waals surface area contributed by atoms with E-state index in [2.05, 4.69) is 34.7 Å². The number of aliphatic hydroxyl groups excluding tert-OH is 1. The van der Waals surface area contributed by atoms with Crippen molar-refractivity contribution in [2.75, 3.05) is 19.6 Å². The molecule has 0 spiro atoms. The quantitative estimate of drug-likeness (QED) is 0.126. The molecule has 2 atom stereocenters. The molecule has 3 N–H and O–H groups in total. The molecule has 0 bridgehead atoms. The number of carbonyl (C=O) groups excluding carboxylic acids is 1. The van der Waals surface area contributed by atoms with Gasteiger partial charge in [-0.05, 0) is 66.6 Å². The number of nitrogens with one attached hydrogen (secondary N) is 2. The summed E-state index contributed by atoms with van der Waals surface area (Å²) in [6.45, 7) is 8.24. The van der Waals surface area contributed by atoms with Crippen LogP contribution in [0.2, 0.25) is 0 Å². The van der Waals surface area contributed by atoms with Gasteiger partial charge in [0.25, 0.3) is 5.91 Å². The lowest BCUT2D eigenvalue weighted by Gasteiger charge is -2.26. The molecule has 1 amide bonds. The molecule has 0 fully saturated rings. The van der Waals surface area contributed by atoms with E-state index >= 15 is 0 Å². The van der Waals surface area contributed by atoms with Crippen molar-refractivity contribution < 1.29 is 18.7 Å². The predicted molar refractivity (Wildman–Crippen MR) is 166 cm³/mol. The highest BCUT2D eigenvalue weighted by molar-refractivity contribution is 6.02. The van der Waals surface area contributed by atoms with Crippen LogP contribution >= 0.6 is 0 Å². The van der Waals surface area contributed by atoms with Gasteiger partial charge in [-0.3, -0.25) is 4.79 Å². The molecule has 0 radical (unpaired) electrons. The third kappa shape index (κ3) is 10.3. The first-order chi connectivity index (χ1) is 20.8. The van der Waals surface area contributed by atoms with Gasteiger partial charge in [-0.2, -0.15) is 10.3 Å². The zero-order valence-electron chi connectivity index (χ0n) is 25.1. The lowest BCUT2D eigenvalue weighted by molar-refractivity contribution is 0.0830. The molecule has 7 nitrogen and oxygen atoms in total. The van der Waals surface area contributed by atoms with Gasteiger partial charge < -0.3 is 20.6 Å². The van der Waals surface area contributed by atoms with E-state index in [9.17, 15) is 23.9 Å². The highest BCUT2D eigenvalue weighted by Crippen LogP contribution is 2.15. The van der Waals surface area contributed by atoms with Gasteiger partial charge in [0.05, 0.1) is 12.1 Å². The van der Waals surface area contributed by atoms with E-state index in [0.717, 1.165) is 30.9 Å². The minimum absolute atomic E-state index is 0.0101. The fraction of sp³-hybridized carbons (Fsp3) is 0.382. The summed E-state index contributed by atoms with van der Waals surface area (Å²) in [6.07, 6.45) is 3.47. The van der Waals surface area contributed by atoms with Crippen LogP contribution in [0.15, 0.2) is 71.7 Å². The van der Waals surface area contributed by atoms with E-state index in [1.807, 2.05) is 37.1 Å². The summed E-state index contributed by atoms with van der Waals surface area (Å²) in [4.78, 5) is 19.6. The lowest BCUT2D eigenvalue weighted by atomic mass is 9.99. The van der Waals surface area contributed by atoms with Crippen molar-refractivity contribution in [2.45, 2.75) is 65.1 Å². The van der Waals surface area contributed by atoms with Gasteiger partial charge in [0, 0.05) is 43.4 Å². The number of amides is 1. The van der Waals surface area contributed by atoms with Crippen molar-refractivity contribution in [3.63, 3.8) is 0 Å². The maximum atomic E-state index is 14.0. The van der Waals surface area contributed by atoms with Crippen LogP contribution in [0.3, 0.4) is 0 Å². The molecule has 0 saturated heterocycles. The molecule has 0 aliphatic carbocycles. The number of benzene rings is 3. The standard InChI is InChI=1S/C34H41F2N5O2/c1-4-13-41(14-5-2)33(39-23-37)27-11-8-12-28(19-27)34(43)40-31(18-26-16-29(35)20-30(36)17-26)32(42)22-38-21-25-10-7-9-24(6-3)15-25/h7-12,15-17,19-20,31-32,38,42H,4-6,13-14,18,21-22H2,1-3H3,(H,40,43)/t31-,32-/m0/s1. The number of nitriles is 1. The minimum atomic E-state index is -1.06. The smallest absolute Gasteiger partial charge is 0.251 e. The number of hydrogen-bond donors (Lipinski definition) is 3. The number of hydrogen-bond acceptors (Lipinski definition) is 5. The van der Waals surface area contributed by atoms with Crippen molar-refractivity contribution in [1.82, 2.24) is 15.5 Å². The topological polar surface area (TPSA) is 101 Å². The molecule has 43 heavy (non-hydrogen) atoms. The predicted octanol–water partition coefficient (Wildman–Crippen LogP) is 5.37. The summed E-state index contributed by atoms with van der Waals surface area (Å²) in [5.41, 5.74) is 3.51. The van der Waals surface area contributed by atoms with Gasteiger partial charge in [-0.1, -0.05) is 57.2 Å². The largest absolute Gasteiger partial charge is 0.390 e. The summed E-state index contributed by atoms with van der Waals surface area (Å²) in [5, 5.41) is 26.6. The van der Waals surface area contributed by atoms with E-state index in [1.165, 1.54) is 17.7 Å². The van der Waals surface area contributed by atoms with Crippen molar-refractivity contribution in [3.05, 3.63) is 106 Å². The number of halogens is 2. The zero-order chi connectivity index (χ0) is 31.2. The van der Waals surface area contributed by atoms with E-state index in [1.54, 1.807) is 24.3 Å². The van der Waals surface area contributed by atoms with Crippen LogP contribution in [0.4, 0.5) is 8.78 Å². The SMILES string of the molecule is CCCN(CCC)C(=NC#N)c1cccc(C(=O)N[C@@H](Cc2cc(F)cc(F)c2)[C@@H](O)CNCc2cccc(CC)c2)c1. The molecule has 0 aliphatic rings. The molecule has 0 aliphatic heterocycles. The molecule has 3 aromatic carbocycles. The van der Waals surface area contributed by atoms with Crippen LogP contribution in [0.1, 0.15) is 66.2 Å². The Labute approximate surface area is 253 Å². The highest BCUT2D eigenvalue weighted by Gasteiger charge is 2.24. The molecule has 9 heteroatoms. The number of carbonyl (C=O) groups is 1. The van der Waals surface area contributed by atoms with Crippen LogP contribution in [0.5, 0.6) is 0 Å². The Bertz CT molecular complexity index is 1400. The fourth-order valence-electron chi connectivity index (χ4n) is 5.01. The Balaban J connectivity index is 1.82. The summed E-state index contributed by atoms with van der Waals surface area (Å²) < 4.78 is 28.0. The van der Waals surface area contributed by atoms with Gasteiger partial charge in [-0.15, -0.1) is 0 Å². The summed E-state index contributed by atoms with van der Waals surface area (Å²) in [6, 6.07) is 17.2. The molecule has 0 saturated carbocycles. The van der Waals surface area contributed by atoms with E-state index in [4.69, 9.17) is 0 Å². The Hall–Kier alpha value is -4.13. The van der Waals surface area contributed by atoms with Crippen molar-refractivity contribution in [3.8, 4) is 6.19 Å². The number of aliphatic hydroxyl groups is 1. The van der Waals surface area contributed by atoms with Crippen LogP contribution in [-0.4, -0.2) is 53.5 Å². The summed E-state index contributed by atoms with van der Waals surface area (Å²) in [5.74, 6) is -1.44. The van der Waals surface area contributed by atoms with E-state index in [0.29, 0.717) is 42.2 Å². The van der Waals surface area contributed by atoms with Crippen LogP contribution in [-0.2, 0) is 19.4 Å². The molecule has 3 aromatic rings. The number of aryl methyl sites for hydroxylation is 1. The number of nitrogens with zero attached hydrogens (tertiary/aromatic N) is 3. The maximum Gasteiger partial charge on any atom is 0.251 e. The van der Waals surface area contributed by atoms with Crippen LogP contribution in [0, 0.1) is 23.1 Å². The maximum absolute atomic E-state index is 14.0. The highest BCUT2D eigenvalue weighted by atomic mass is 19.1. The van der Waals surface area contributed by atoms with Crippen molar-refractivity contribution in [1.29, 1.82) is 5.26 Å². The lowest BCUT2D eigenvalue weighted by Crippen LogP contribution is -2.48. The molecule has 0 heterocycles. The Morgan fingerprint density at radius 3 is 2.23 bits per heavy atom. The first kappa shape index (κ1) is 33.4. The molecule has 228 valence electrons. The van der Waals surface area contributed by atoms with Gasteiger partial charge in [0.2, 0.25) is 6.19 Å². The normalized spacial score (nSPS) is 12.8. The minimum Gasteiger partial charge on any atom is -0.390 e. The molecule has 0 aromatic heterocycles. The Morgan fingerprint density at radius 1 is 0.930 bits per heavy atom. The third-order valence-electron chi connectivity index (χ3n) is 7.07. The molecule has 0 unspecified atom stereocenters. The Morgan fingerprint density at radius 2 is 1.58 bits per heavy atom. The number of amidine groups is 1. The molecule has 3 rings (SSSR count). The molecular formula is C34H41F2N5O2. The Kier molecular flexibility index (Phi) is 13.3. The summed E-state index contributed by atoms with van der Waals surface area (Å²) >= 11 is 0. The average molecular weight is 590 g/mol. The number of rotatable bonds is 15. The van der Waals surface area contributed by atoms with E-state index < -0.39 is 29.7 Å². The second kappa shape index (κ2) is 17.1. The second-order valence-corrected chi connectivity index (χ2v) is 10.5. The number of aliphatic imine (C=N–C) groups is 1. The van der Waals surface area contributed by atoms with Crippen molar-refractivity contribution >= 4 is 11.7 Å². The first-order valence-corrected chi connectivity index (χ1v) is 14.8. The first-order valence-electron chi connectivity index (χ1n) is 14.8. The van der Waals surface area contributed by atoms with Crippen LogP contribution in [0.25, 0.3) is 0 Å². The van der Waals surface area contributed by atoms with Gasteiger partial charge in [0.15, 0.2) is 0 Å². The monoisotopic (exact) mass is 589 g/mol. The fourth-order valence-corrected chi connectivity index (χ4v) is 5.01. The second-order valence-electron chi connectivity index (χ2n) is 10.5. The average Bonchev–Trinajstić information content (AvgIpc) is 2.99. The summed E-state index contributed by atoms with van der Waals surface area (Å²) in [7, 11) is 0.